The average molecular weight is 277 g/mol. The summed E-state index contributed by atoms with van der Waals surface area (Å²) in [6.07, 6.45) is 1.21. The van der Waals surface area contributed by atoms with Crippen LogP contribution in [-0.4, -0.2) is 52.3 Å². The largest absolute Gasteiger partial charge is 0.496 e. The van der Waals surface area contributed by atoms with Crippen molar-refractivity contribution < 1.29 is 4.74 Å². The topological polar surface area (TPSA) is 27.7 Å². The summed E-state index contributed by atoms with van der Waals surface area (Å²) in [6, 6.07) is 6.64. The van der Waals surface area contributed by atoms with Gasteiger partial charge in [0.2, 0.25) is 0 Å². The molecule has 0 radical (unpaired) electrons. The fraction of sp³-hybridized carbons (Fsp3) is 0.625. The van der Waals surface area contributed by atoms with Crippen LogP contribution in [-0.2, 0) is 0 Å². The van der Waals surface area contributed by atoms with Crippen molar-refractivity contribution in [2.45, 2.75) is 19.4 Å². The number of likely N-dealkylation sites (N-methyl/N-ethyl adjacent to an activating group) is 1. The van der Waals surface area contributed by atoms with Gasteiger partial charge in [-0.2, -0.15) is 0 Å². The van der Waals surface area contributed by atoms with Crippen molar-refractivity contribution in [3.05, 3.63) is 23.8 Å². The van der Waals surface area contributed by atoms with Crippen LogP contribution in [0.3, 0.4) is 0 Å². The van der Waals surface area contributed by atoms with E-state index in [4.69, 9.17) is 4.74 Å². The van der Waals surface area contributed by atoms with Gasteiger partial charge in [0.05, 0.1) is 7.11 Å². The van der Waals surface area contributed by atoms with Crippen molar-refractivity contribution in [3.63, 3.8) is 0 Å². The molecule has 1 fully saturated rings. The molecular weight excluding hydrogens is 250 g/mol. The summed E-state index contributed by atoms with van der Waals surface area (Å²) in [5, 5.41) is 3.34. The normalized spacial score (nSPS) is 18.7. The summed E-state index contributed by atoms with van der Waals surface area (Å²) < 4.78 is 5.58. The van der Waals surface area contributed by atoms with Crippen molar-refractivity contribution in [2.75, 3.05) is 52.3 Å². The standard InChI is InChI=1S/C16H27N3O/c1-13(17-2)16-14(7-5-8-15(16)20-4)19-10-6-9-18(3)11-12-19/h5,7-8,13,17H,6,9-12H2,1-4H3. The maximum absolute atomic E-state index is 5.58. The highest BCUT2D eigenvalue weighted by Gasteiger charge is 2.20. The Morgan fingerprint density at radius 1 is 1.20 bits per heavy atom. The molecule has 1 saturated heterocycles. The molecule has 0 amide bonds. The molecule has 2 rings (SSSR count). The summed E-state index contributed by atoms with van der Waals surface area (Å²) in [7, 11) is 5.95. The molecule has 0 aromatic heterocycles. The lowest BCUT2D eigenvalue weighted by molar-refractivity contribution is 0.360. The van der Waals surface area contributed by atoms with E-state index in [1.54, 1.807) is 7.11 Å². The summed E-state index contributed by atoms with van der Waals surface area (Å²) >= 11 is 0. The molecule has 0 aliphatic carbocycles. The Kier molecular flexibility index (Phi) is 5.26. The molecule has 1 aliphatic rings. The highest BCUT2D eigenvalue weighted by Crippen LogP contribution is 2.34. The second kappa shape index (κ2) is 6.95. The summed E-state index contributed by atoms with van der Waals surface area (Å²) in [5.74, 6) is 0.974. The third-order valence-corrected chi connectivity index (χ3v) is 4.19. The van der Waals surface area contributed by atoms with Crippen LogP contribution >= 0.6 is 0 Å². The first-order valence-corrected chi connectivity index (χ1v) is 7.45. The average Bonchev–Trinajstić information content (AvgIpc) is 2.70. The van der Waals surface area contributed by atoms with E-state index >= 15 is 0 Å². The Hall–Kier alpha value is -1.26. The van der Waals surface area contributed by atoms with Crippen LogP contribution in [0.4, 0.5) is 5.69 Å². The van der Waals surface area contributed by atoms with Crippen molar-refractivity contribution in [3.8, 4) is 5.75 Å². The first-order chi connectivity index (χ1) is 9.67. The molecular formula is C16H27N3O. The van der Waals surface area contributed by atoms with E-state index in [1.165, 1.54) is 24.2 Å². The molecule has 1 heterocycles. The van der Waals surface area contributed by atoms with E-state index in [2.05, 4.69) is 47.3 Å². The number of benzene rings is 1. The van der Waals surface area contributed by atoms with Crippen molar-refractivity contribution in [1.82, 2.24) is 10.2 Å². The summed E-state index contributed by atoms with van der Waals surface area (Å²) in [6.45, 7) is 6.67. The van der Waals surface area contributed by atoms with Gasteiger partial charge in [0, 0.05) is 36.9 Å². The van der Waals surface area contributed by atoms with Gasteiger partial charge in [0.1, 0.15) is 5.75 Å². The van der Waals surface area contributed by atoms with E-state index in [9.17, 15) is 0 Å². The zero-order valence-electron chi connectivity index (χ0n) is 13.1. The predicted molar refractivity (Wildman–Crippen MR) is 84.8 cm³/mol. The molecule has 1 atom stereocenters. The maximum Gasteiger partial charge on any atom is 0.125 e. The van der Waals surface area contributed by atoms with Crippen molar-refractivity contribution in [1.29, 1.82) is 0 Å². The Morgan fingerprint density at radius 2 is 2.00 bits per heavy atom. The van der Waals surface area contributed by atoms with Crippen LogP contribution < -0.4 is 15.0 Å². The van der Waals surface area contributed by atoms with Crippen molar-refractivity contribution in [2.24, 2.45) is 0 Å². The molecule has 1 aromatic rings. The van der Waals surface area contributed by atoms with Crippen LogP contribution in [0.5, 0.6) is 5.75 Å². The predicted octanol–water partition coefficient (Wildman–Crippen LogP) is 2.12. The molecule has 0 spiro atoms. The second-order valence-corrected chi connectivity index (χ2v) is 5.55. The minimum atomic E-state index is 0.280. The van der Waals surface area contributed by atoms with E-state index in [0.717, 1.165) is 25.4 Å². The highest BCUT2D eigenvalue weighted by atomic mass is 16.5. The van der Waals surface area contributed by atoms with Crippen LogP contribution in [0.2, 0.25) is 0 Å². The van der Waals surface area contributed by atoms with Gasteiger partial charge in [-0.3, -0.25) is 0 Å². The number of hydrogen-bond acceptors (Lipinski definition) is 4. The van der Waals surface area contributed by atoms with Crippen LogP contribution in [0, 0.1) is 0 Å². The number of rotatable bonds is 4. The van der Waals surface area contributed by atoms with Gasteiger partial charge in [0.25, 0.3) is 0 Å². The third kappa shape index (κ3) is 3.25. The Balaban J connectivity index is 2.34. The quantitative estimate of drug-likeness (QED) is 0.912. The maximum atomic E-state index is 5.58. The Morgan fingerprint density at radius 3 is 2.70 bits per heavy atom. The number of ether oxygens (including phenoxy) is 1. The minimum Gasteiger partial charge on any atom is -0.496 e. The number of hydrogen-bond donors (Lipinski definition) is 1. The third-order valence-electron chi connectivity index (χ3n) is 4.19. The zero-order chi connectivity index (χ0) is 14.5. The molecule has 4 nitrogen and oxygen atoms in total. The number of nitrogens with zero attached hydrogens (tertiary/aromatic N) is 2. The molecule has 4 heteroatoms. The molecule has 1 aromatic carbocycles. The molecule has 1 aliphatic heterocycles. The fourth-order valence-electron chi connectivity index (χ4n) is 2.85. The molecule has 20 heavy (non-hydrogen) atoms. The lowest BCUT2D eigenvalue weighted by Crippen LogP contribution is -2.30. The monoisotopic (exact) mass is 277 g/mol. The molecule has 0 saturated carbocycles. The van der Waals surface area contributed by atoms with Gasteiger partial charge in [-0.1, -0.05) is 6.07 Å². The fourth-order valence-corrected chi connectivity index (χ4v) is 2.85. The van der Waals surface area contributed by atoms with E-state index in [-0.39, 0.29) is 6.04 Å². The van der Waals surface area contributed by atoms with Crippen LogP contribution in [0.1, 0.15) is 24.9 Å². The lowest BCUT2D eigenvalue weighted by atomic mass is 10.0. The molecule has 112 valence electrons. The van der Waals surface area contributed by atoms with E-state index in [0.29, 0.717) is 0 Å². The molecule has 1 N–H and O–H groups in total. The zero-order valence-corrected chi connectivity index (χ0v) is 13.1. The Bertz CT molecular complexity index is 436. The highest BCUT2D eigenvalue weighted by molar-refractivity contribution is 5.61. The minimum absolute atomic E-state index is 0.280. The number of anilines is 1. The van der Waals surface area contributed by atoms with Crippen molar-refractivity contribution >= 4 is 5.69 Å². The SMILES string of the molecule is CNC(C)c1c(OC)cccc1N1CCCN(C)CC1. The van der Waals surface area contributed by atoms with Crippen LogP contribution in [0.25, 0.3) is 0 Å². The number of methoxy groups -OCH3 is 1. The smallest absolute Gasteiger partial charge is 0.125 e. The van der Waals surface area contributed by atoms with Gasteiger partial charge >= 0.3 is 0 Å². The lowest BCUT2D eigenvalue weighted by Gasteiger charge is -2.28. The Labute approximate surface area is 122 Å². The van der Waals surface area contributed by atoms with Gasteiger partial charge in [0.15, 0.2) is 0 Å². The molecule has 0 bridgehead atoms. The van der Waals surface area contributed by atoms with Crippen LogP contribution in [0.15, 0.2) is 18.2 Å². The van der Waals surface area contributed by atoms with Gasteiger partial charge in [-0.25, -0.2) is 0 Å². The molecule has 1 unspecified atom stereocenters. The first kappa shape index (κ1) is 15.1. The van der Waals surface area contributed by atoms with Gasteiger partial charge in [-0.15, -0.1) is 0 Å². The second-order valence-electron chi connectivity index (χ2n) is 5.55. The van der Waals surface area contributed by atoms with Gasteiger partial charge < -0.3 is 19.9 Å². The number of nitrogens with one attached hydrogen (secondary N) is 1. The first-order valence-electron chi connectivity index (χ1n) is 7.45. The van der Waals surface area contributed by atoms with Gasteiger partial charge in [-0.05, 0) is 46.1 Å². The summed E-state index contributed by atoms with van der Waals surface area (Å²) in [5.41, 5.74) is 2.57. The van der Waals surface area contributed by atoms with E-state index < -0.39 is 0 Å². The van der Waals surface area contributed by atoms with E-state index in [1.807, 2.05) is 7.05 Å². The summed E-state index contributed by atoms with van der Waals surface area (Å²) in [4.78, 5) is 4.90.